The average molecular weight is 252 g/mol. The predicted octanol–water partition coefficient (Wildman–Crippen LogP) is 3.42. The van der Waals surface area contributed by atoms with Crippen molar-refractivity contribution in [2.75, 3.05) is 0 Å². The lowest BCUT2D eigenvalue weighted by atomic mass is 9.77. The number of nitriles is 1. The minimum Gasteiger partial charge on any atom is -0.258 e. The second-order valence-electron chi connectivity index (χ2n) is 4.38. The van der Waals surface area contributed by atoms with Gasteiger partial charge in [-0.05, 0) is 12.5 Å². The minimum absolute atomic E-state index is 0.0320. The van der Waals surface area contributed by atoms with Crippen molar-refractivity contribution in [3.8, 4) is 6.07 Å². The Morgan fingerprint density at radius 3 is 2.26 bits per heavy atom. The van der Waals surface area contributed by atoms with Crippen LogP contribution in [0.3, 0.4) is 0 Å². The molecule has 0 aromatic heterocycles. The third-order valence-electron chi connectivity index (χ3n) is 3.21. The molecular weight excluding hydrogens is 240 g/mol. The number of benzene rings is 2. The highest BCUT2D eigenvalue weighted by Gasteiger charge is 2.34. The molecule has 94 valence electrons. The zero-order chi connectivity index (χ0) is 13.9. The Labute approximate surface area is 111 Å². The van der Waals surface area contributed by atoms with Gasteiger partial charge in [0.25, 0.3) is 5.69 Å². The lowest BCUT2D eigenvalue weighted by molar-refractivity contribution is -0.385. The van der Waals surface area contributed by atoms with Crippen molar-refractivity contribution in [1.82, 2.24) is 0 Å². The van der Waals surface area contributed by atoms with Crippen LogP contribution in [0.15, 0.2) is 54.6 Å². The summed E-state index contributed by atoms with van der Waals surface area (Å²) in [6.07, 6.45) is 0. The molecule has 0 saturated heterocycles. The van der Waals surface area contributed by atoms with Gasteiger partial charge in [-0.3, -0.25) is 10.1 Å². The molecule has 0 aliphatic rings. The van der Waals surface area contributed by atoms with Crippen LogP contribution in [0, 0.1) is 21.4 Å². The van der Waals surface area contributed by atoms with Gasteiger partial charge in [-0.25, -0.2) is 0 Å². The van der Waals surface area contributed by atoms with Crippen LogP contribution in [0.4, 0.5) is 5.69 Å². The van der Waals surface area contributed by atoms with Crippen LogP contribution in [-0.4, -0.2) is 4.92 Å². The smallest absolute Gasteiger partial charge is 0.258 e. The van der Waals surface area contributed by atoms with Gasteiger partial charge in [-0.15, -0.1) is 0 Å². The van der Waals surface area contributed by atoms with Crippen LogP contribution in [-0.2, 0) is 5.41 Å². The zero-order valence-electron chi connectivity index (χ0n) is 10.4. The number of rotatable bonds is 3. The molecular formula is C15H12N2O2. The summed E-state index contributed by atoms with van der Waals surface area (Å²) in [5, 5.41) is 20.6. The highest BCUT2D eigenvalue weighted by molar-refractivity contribution is 5.54. The Morgan fingerprint density at radius 2 is 1.68 bits per heavy atom. The van der Waals surface area contributed by atoms with E-state index < -0.39 is 10.3 Å². The molecule has 0 fully saturated rings. The standard InChI is InChI=1S/C15H12N2O2/c1-15(11-16,12-7-3-2-4-8-12)13-9-5-6-10-14(13)17(18)19/h2-10H,1H3. The van der Waals surface area contributed by atoms with Crippen molar-refractivity contribution in [2.45, 2.75) is 12.3 Å². The Kier molecular flexibility index (Phi) is 3.30. The van der Waals surface area contributed by atoms with E-state index in [0.717, 1.165) is 5.56 Å². The van der Waals surface area contributed by atoms with Gasteiger partial charge in [0, 0.05) is 6.07 Å². The van der Waals surface area contributed by atoms with Crippen LogP contribution in [0.5, 0.6) is 0 Å². The van der Waals surface area contributed by atoms with Crippen LogP contribution >= 0.6 is 0 Å². The molecule has 1 unspecified atom stereocenters. The van der Waals surface area contributed by atoms with Gasteiger partial charge < -0.3 is 0 Å². The quantitative estimate of drug-likeness (QED) is 0.620. The van der Waals surface area contributed by atoms with Crippen LogP contribution in [0.1, 0.15) is 18.1 Å². The average Bonchev–Trinajstić information content (AvgIpc) is 2.47. The number of nitro groups is 1. The first-order valence-electron chi connectivity index (χ1n) is 5.80. The van der Waals surface area contributed by atoms with E-state index in [1.54, 1.807) is 37.3 Å². The summed E-state index contributed by atoms with van der Waals surface area (Å²) in [6.45, 7) is 1.70. The maximum absolute atomic E-state index is 11.1. The van der Waals surface area contributed by atoms with E-state index in [9.17, 15) is 15.4 Å². The fourth-order valence-corrected chi connectivity index (χ4v) is 2.11. The molecule has 2 aromatic rings. The van der Waals surface area contributed by atoms with Crippen LogP contribution in [0.25, 0.3) is 0 Å². The van der Waals surface area contributed by atoms with Crippen molar-refractivity contribution in [1.29, 1.82) is 5.26 Å². The summed E-state index contributed by atoms with van der Waals surface area (Å²) in [6, 6.07) is 17.7. The molecule has 4 heteroatoms. The number of hydrogen-bond acceptors (Lipinski definition) is 3. The van der Waals surface area contributed by atoms with Crippen molar-refractivity contribution in [3.63, 3.8) is 0 Å². The molecule has 0 bridgehead atoms. The second-order valence-corrected chi connectivity index (χ2v) is 4.38. The van der Waals surface area contributed by atoms with Crippen molar-refractivity contribution in [2.24, 2.45) is 0 Å². The summed E-state index contributed by atoms with van der Waals surface area (Å²) in [4.78, 5) is 10.7. The van der Waals surface area contributed by atoms with Gasteiger partial charge in [0.05, 0.1) is 16.6 Å². The number of para-hydroxylation sites is 1. The molecule has 0 saturated carbocycles. The van der Waals surface area contributed by atoms with E-state index in [4.69, 9.17) is 0 Å². The predicted molar refractivity (Wildman–Crippen MR) is 71.6 cm³/mol. The number of nitrogens with zero attached hydrogens (tertiary/aromatic N) is 2. The van der Waals surface area contributed by atoms with Crippen molar-refractivity contribution >= 4 is 5.69 Å². The Bertz CT molecular complexity index is 647. The van der Waals surface area contributed by atoms with Gasteiger partial charge >= 0.3 is 0 Å². The largest absolute Gasteiger partial charge is 0.274 e. The van der Waals surface area contributed by atoms with Crippen LogP contribution in [0.2, 0.25) is 0 Å². The molecule has 0 amide bonds. The molecule has 0 heterocycles. The first-order chi connectivity index (χ1) is 9.09. The summed E-state index contributed by atoms with van der Waals surface area (Å²) >= 11 is 0. The van der Waals surface area contributed by atoms with Gasteiger partial charge in [0.15, 0.2) is 0 Å². The van der Waals surface area contributed by atoms with Gasteiger partial charge in [0.1, 0.15) is 5.41 Å². The van der Waals surface area contributed by atoms with Crippen molar-refractivity contribution < 1.29 is 4.92 Å². The van der Waals surface area contributed by atoms with E-state index >= 15 is 0 Å². The fourth-order valence-electron chi connectivity index (χ4n) is 2.11. The van der Waals surface area contributed by atoms with E-state index in [1.807, 2.05) is 18.2 Å². The lowest BCUT2D eigenvalue weighted by Gasteiger charge is -2.22. The molecule has 2 aromatic carbocycles. The monoisotopic (exact) mass is 252 g/mol. The molecule has 0 spiro atoms. The van der Waals surface area contributed by atoms with E-state index in [2.05, 4.69) is 6.07 Å². The second kappa shape index (κ2) is 4.91. The van der Waals surface area contributed by atoms with E-state index in [-0.39, 0.29) is 5.69 Å². The van der Waals surface area contributed by atoms with E-state index in [0.29, 0.717) is 5.56 Å². The molecule has 0 aliphatic carbocycles. The SMILES string of the molecule is CC(C#N)(c1ccccc1)c1ccccc1[N+](=O)[O-]. The Hall–Kier alpha value is -2.67. The highest BCUT2D eigenvalue weighted by atomic mass is 16.6. The summed E-state index contributed by atoms with van der Waals surface area (Å²) in [7, 11) is 0. The lowest BCUT2D eigenvalue weighted by Crippen LogP contribution is -2.22. The summed E-state index contributed by atoms with van der Waals surface area (Å²) in [5.41, 5.74) is 0.0844. The molecule has 0 radical (unpaired) electrons. The van der Waals surface area contributed by atoms with Crippen molar-refractivity contribution in [3.05, 3.63) is 75.8 Å². The molecule has 1 atom stereocenters. The maximum atomic E-state index is 11.1. The highest BCUT2D eigenvalue weighted by Crippen LogP contribution is 2.36. The topological polar surface area (TPSA) is 66.9 Å². The Morgan fingerprint density at radius 1 is 1.11 bits per heavy atom. The number of hydrogen-bond donors (Lipinski definition) is 0. The Balaban J connectivity index is 2.68. The first kappa shape index (κ1) is 12.8. The zero-order valence-corrected chi connectivity index (χ0v) is 10.4. The van der Waals surface area contributed by atoms with E-state index in [1.165, 1.54) is 6.07 Å². The minimum atomic E-state index is -1.04. The number of nitro benzene ring substituents is 1. The molecule has 19 heavy (non-hydrogen) atoms. The van der Waals surface area contributed by atoms with Gasteiger partial charge in [-0.1, -0.05) is 48.5 Å². The first-order valence-corrected chi connectivity index (χ1v) is 5.80. The third kappa shape index (κ3) is 2.18. The van der Waals surface area contributed by atoms with Gasteiger partial charge in [-0.2, -0.15) is 5.26 Å². The molecule has 0 aliphatic heterocycles. The van der Waals surface area contributed by atoms with Gasteiger partial charge in [0.2, 0.25) is 0 Å². The van der Waals surface area contributed by atoms with Crippen LogP contribution < -0.4 is 0 Å². The molecule has 2 rings (SSSR count). The molecule has 0 N–H and O–H groups in total. The molecule has 4 nitrogen and oxygen atoms in total. The summed E-state index contributed by atoms with van der Waals surface area (Å²) in [5.74, 6) is 0. The summed E-state index contributed by atoms with van der Waals surface area (Å²) < 4.78 is 0. The fraction of sp³-hybridized carbons (Fsp3) is 0.133. The third-order valence-corrected chi connectivity index (χ3v) is 3.21. The maximum Gasteiger partial charge on any atom is 0.274 e. The normalized spacial score (nSPS) is 13.3.